The van der Waals surface area contributed by atoms with Crippen LogP contribution in [0.25, 0.3) is 0 Å². The highest BCUT2D eigenvalue weighted by Gasteiger charge is 2.19. The molecule has 0 spiro atoms. The van der Waals surface area contributed by atoms with Gasteiger partial charge >= 0.3 is 0 Å². The maximum absolute atomic E-state index is 6.22. The van der Waals surface area contributed by atoms with Gasteiger partial charge in [0.05, 0.1) is 0 Å². The second-order valence-electron chi connectivity index (χ2n) is 4.22. The van der Waals surface area contributed by atoms with Gasteiger partial charge in [-0.25, -0.2) is 0 Å². The Hall–Kier alpha value is -0.380. The normalized spacial score (nSPS) is 22.9. The lowest BCUT2D eigenvalue weighted by molar-refractivity contribution is 0.472. The largest absolute Gasteiger partial charge is 0.324 e. The van der Waals surface area contributed by atoms with Gasteiger partial charge in [0.2, 0.25) is 0 Å². The Morgan fingerprint density at radius 3 is 2.93 bits per heavy atom. The molecule has 0 aromatic heterocycles. The van der Waals surface area contributed by atoms with Crippen LogP contribution in [0.1, 0.15) is 24.4 Å². The van der Waals surface area contributed by atoms with Crippen LogP contribution in [-0.2, 0) is 0 Å². The topological polar surface area (TPSA) is 38.0 Å². The molecule has 0 aliphatic carbocycles. The Bertz CT molecular complexity index is 321. The molecule has 0 saturated carbocycles. The van der Waals surface area contributed by atoms with E-state index < -0.39 is 0 Å². The fraction of sp³-hybridized carbons (Fsp3) is 0.500. The Morgan fingerprint density at radius 2 is 2.27 bits per heavy atom. The molecule has 3 heteroatoms. The molecule has 1 fully saturated rings. The van der Waals surface area contributed by atoms with E-state index in [1.807, 2.05) is 12.1 Å². The fourth-order valence-corrected chi connectivity index (χ4v) is 2.76. The van der Waals surface area contributed by atoms with Gasteiger partial charge in [0, 0.05) is 10.5 Å². The van der Waals surface area contributed by atoms with Crippen molar-refractivity contribution in [3.05, 3.63) is 34.3 Å². The van der Waals surface area contributed by atoms with Crippen molar-refractivity contribution in [1.82, 2.24) is 5.32 Å². The summed E-state index contributed by atoms with van der Waals surface area (Å²) in [6.45, 7) is 2.27. The van der Waals surface area contributed by atoms with Crippen LogP contribution in [-0.4, -0.2) is 13.1 Å². The lowest BCUT2D eigenvalue weighted by atomic mass is 9.95. The second kappa shape index (κ2) is 5.10. The molecule has 2 unspecified atom stereocenters. The molecular formula is C12H17BrN2. The highest BCUT2D eigenvalue weighted by molar-refractivity contribution is 9.10. The van der Waals surface area contributed by atoms with Crippen molar-refractivity contribution in [2.45, 2.75) is 18.9 Å². The summed E-state index contributed by atoms with van der Waals surface area (Å²) in [6, 6.07) is 8.40. The van der Waals surface area contributed by atoms with Crippen molar-refractivity contribution in [2.24, 2.45) is 11.7 Å². The number of hydrogen-bond donors (Lipinski definition) is 2. The summed E-state index contributed by atoms with van der Waals surface area (Å²) in [6.07, 6.45) is 2.34. The van der Waals surface area contributed by atoms with Crippen LogP contribution < -0.4 is 11.1 Å². The quantitative estimate of drug-likeness (QED) is 0.884. The van der Waals surface area contributed by atoms with E-state index in [1.165, 1.54) is 12.0 Å². The summed E-state index contributed by atoms with van der Waals surface area (Å²) in [5.74, 6) is 0.743. The highest BCUT2D eigenvalue weighted by atomic mass is 79.9. The summed E-state index contributed by atoms with van der Waals surface area (Å²) in [4.78, 5) is 0. The Morgan fingerprint density at radius 1 is 1.47 bits per heavy atom. The van der Waals surface area contributed by atoms with Gasteiger partial charge in [-0.2, -0.15) is 0 Å². The van der Waals surface area contributed by atoms with Crippen LogP contribution in [0.4, 0.5) is 0 Å². The third kappa shape index (κ3) is 2.80. The summed E-state index contributed by atoms with van der Waals surface area (Å²) in [5, 5.41) is 3.38. The van der Waals surface area contributed by atoms with Gasteiger partial charge in [-0.15, -0.1) is 0 Å². The van der Waals surface area contributed by atoms with E-state index in [0.29, 0.717) is 0 Å². The first-order valence-corrected chi connectivity index (χ1v) is 6.27. The maximum Gasteiger partial charge on any atom is 0.0309 e. The zero-order valence-corrected chi connectivity index (χ0v) is 10.3. The van der Waals surface area contributed by atoms with Gasteiger partial charge in [0.15, 0.2) is 0 Å². The van der Waals surface area contributed by atoms with Crippen LogP contribution in [0.3, 0.4) is 0 Å². The molecule has 2 rings (SSSR count). The molecule has 1 aromatic carbocycles. The van der Waals surface area contributed by atoms with E-state index in [2.05, 4.69) is 33.4 Å². The van der Waals surface area contributed by atoms with Crippen LogP contribution in [0.15, 0.2) is 28.7 Å². The lowest BCUT2D eigenvalue weighted by Crippen LogP contribution is -2.17. The average molecular weight is 269 g/mol. The minimum atomic E-state index is 0.158. The maximum atomic E-state index is 6.22. The van der Waals surface area contributed by atoms with Crippen LogP contribution in [0, 0.1) is 5.92 Å². The first-order chi connectivity index (χ1) is 7.27. The molecule has 3 N–H and O–H groups in total. The van der Waals surface area contributed by atoms with Gasteiger partial charge in [-0.05, 0) is 43.5 Å². The Kier molecular flexibility index (Phi) is 3.78. The minimum Gasteiger partial charge on any atom is -0.324 e. The third-order valence-corrected chi connectivity index (χ3v) is 3.78. The van der Waals surface area contributed by atoms with Crippen LogP contribution in [0.5, 0.6) is 0 Å². The zero-order chi connectivity index (χ0) is 10.7. The number of nitrogens with two attached hydrogens (primary N) is 1. The minimum absolute atomic E-state index is 0.158. The van der Waals surface area contributed by atoms with E-state index in [9.17, 15) is 0 Å². The van der Waals surface area contributed by atoms with E-state index >= 15 is 0 Å². The van der Waals surface area contributed by atoms with E-state index in [-0.39, 0.29) is 6.04 Å². The number of nitrogens with one attached hydrogen (secondary N) is 1. The van der Waals surface area contributed by atoms with Crippen molar-refractivity contribution in [3.8, 4) is 0 Å². The number of halogens is 1. The van der Waals surface area contributed by atoms with Gasteiger partial charge in [0.1, 0.15) is 0 Å². The molecule has 0 radical (unpaired) electrons. The van der Waals surface area contributed by atoms with Crippen LogP contribution in [0.2, 0.25) is 0 Å². The third-order valence-electron chi connectivity index (χ3n) is 3.05. The fourth-order valence-electron chi connectivity index (χ4n) is 2.18. The highest BCUT2D eigenvalue weighted by Crippen LogP contribution is 2.27. The molecule has 1 saturated heterocycles. The standard InChI is InChI=1S/C12H17BrN2/c13-11-4-2-1-3-10(11)12(14)7-9-5-6-15-8-9/h1-4,9,12,15H,5-8,14H2. The average Bonchev–Trinajstić information content (AvgIpc) is 2.71. The smallest absolute Gasteiger partial charge is 0.0309 e. The van der Waals surface area contributed by atoms with E-state index in [4.69, 9.17) is 5.73 Å². The van der Waals surface area contributed by atoms with Gasteiger partial charge in [-0.1, -0.05) is 34.1 Å². The van der Waals surface area contributed by atoms with E-state index in [1.54, 1.807) is 0 Å². The summed E-state index contributed by atoms with van der Waals surface area (Å²) in [7, 11) is 0. The molecule has 2 nitrogen and oxygen atoms in total. The van der Waals surface area contributed by atoms with Crippen molar-refractivity contribution >= 4 is 15.9 Å². The van der Waals surface area contributed by atoms with Gasteiger partial charge in [0.25, 0.3) is 0 Å². The number of hydrogen-bond acceptors (Lipinski definition) is 2. The molecule has 1 aromatic rings. The summed E-state index contributed by atoms with van der Waals surface area (Å²) < 4.78 is 1.13. The van der Waals surface area contributed by atoms with Gasteiger partial charge in [-0.3, -0.25) is 0 Å². The van der Waals surface area contributed by atoms with Gasteiger partial charge < -0.3 is 11.1 Å². The summed E-state index contributed by atoms with van der Waals surface area (Å²) >= 11 is 3.55. The Balaban J connectivity index is 2.00. The van der Waals surface area contributed by atoms with Crippen molar-refractivity contribution < 1.29 is 0 Å². The first-order valence-electron chi connectivity index (χ1n) is 5.48. The SMILES string of the molecule is NC(CC1CCNC1)c1ccccc1Br. The molecular weight excluding hydrogens is 252 g/mol. The van der Waals surface area contributed by atoms with Crippen LogP contribution >= 0.6 is 15.9 Å². The molecule has 82 valence electrons. The molecule has 1 heterocycles. The van der Waals surface area contributed by atoms with Crippen molar-refractivity contribution in [3.63, 3.8) is 0 Å². The first kappa shape index (κ1) is 11.1. The molecule has 0 bridgehead atoms. The summed E-state index contributed by atoms with van der Waals surface area (Å²) in [5.41, 5.74) is 7.44. The zero-order valence-electron chi connectivity index (χ0n) is 8.75. The molecule has 0 amide bonds. The molecule has 1 aliphatic heterocycles. The number of rotatable bonds is 3. The predicted octanol–water partition coefficient (Wildman–Crippen LogP) is 2.45. The lowest BCUT2D eigenvalue weighted by Gasteiger charge is -2.17. The number of benzene rings is 1. The van der Waals surface area contributed by atoms with E-state index in [0.717, 1.165) is 29.9 Å². The molecule has 15 heavy (non-hydrogen) atoms. The predicted molar refractivity (Wildman–Crippen MR) is 66.7 cm³/mol. The monoisotopic (exact) mass is 268 g/mol. The molecule has 1 aliphatic rings. The molecule has 2 atom stereocenters. The Labute approximate surface area is 99.4 Å². The van der Waals surface area contributed by atoms with Crippen molar-refractivity contribution in [2.75, 3.05) is 13.1 Å². The van der Waals surface area contributed by atoms with Crippen molar-refractivity contribution in [1.29, 1.82) is 0 Å². The second-order valence-corrected chi connectivity index (χ2v) is 5.08.